The van der Waals surface area contributed by atoms with Crippen molar-refractivity contribution in [3.05, 3.63) is 35.8 Å². The summed E-state index contributed by atoms with van der Waals surface area (Å²) in [6, 6.07) is 2.68. The lowest BCUT2D eigenvalue weighted by Crippen LogP contribution is -2.04. The minimum absolute atomic E-state index is 0.123. The van der Waals surface area contributed by atoms with E-state index in [0.29, 0.717) is 11.1 Å². The van der Waals surface area contributed by atoms with Crippen molar-refractivity contribution in [3.63, 3.8) is 0 Å². The van der Waals surface area contributed by atoms with E-state index in [1.165, 1.54) is 6.26 Å². The number of aryl methyl sites for hydroxylation is 1. The SMILES string of the molecule is Cc1cc(C(F)(F)F)c2coccc1-2. The summed E-state index contributed by atoms with van der Waals surface area (Å²) >= 11 is 0. The van der Waals surface area contributed by atoms with Gasteiger partial charge in [-0.3, -0.25) is 0 Å². The van der Waals surface area contributed by atoms with Crippen molar-refractivity contribution in [3.8, 4) is 11.1 Å². The molecule has 14 heavy (non-hydrogen) atoms. The van der Waals surface area contributed by atoms with E-state index in [1.807, 2.05) is 0 Å². The van der Waals surface area contributed by atoms with Gasteiger partial charge >= 0.3 is 6.18 Å². The first-order valence-corrected chi connectivity index (χ1v) is 4.03. The van der Waals surface area contributed by atoms with Gasteiger partial charge in [-0.2, -0.15) is 13.2 Å². The molecule has 2 rings (SSSR count). The van der Waals surface area contributed by atoms with Crippen molar-refractivity contribution in [1.29, 1.82) is 0 Å². The van der Waals surface area contributed by atoms with Gasteiger partial charge in [-0.05, 0) is 30.2 Å². The Morgan fingerprint density at radius 1 is 1.21 bits per heavy atom. The Morgan fingerprint density at radius 2 is 1.93 bits per heavy atom. The van der Waals surface area contributed by atoms with E-state index in [2.05, 4.69) is 0 Å². The van der Waals surface area contributed by atoms with Crippen LogP contribution in [-0.2, 0) is 6.18 Å². The van der Waals surface area contributed by atoms with Crippen molar-refractivity contribution in [1.82, 2.24) is 0 Å². The van der Waals surface area contributed by atoms with E-state index >= 15 is 0 Å². The minimum atomic E-state index is -4.32. The van der Waals surface area contributed by atoms with Crippen LogP contribution in [0.15, 0.2) is 29.1 Å². The molecular weight excluding hydrogens is 193 g/mol. The van der Waals surface area contributed by atoms with Gasteiger partial charge in [-0.1, -0.05) is 0 Å². The van der Waals surface area contributed by atoms with Gasteiger partial charge in [0.1, 0.15) is 0 Å². The molecule has 0 atom stereocenters. The summed E-state index contributed by atoms with van der Waals surface area (Å²) < 4.78 is 42.2. The molecule has 1 heterocycles. The molecule has 0 saturated heterocycles. The topological polar surface area (TPSA) is 13.1 Å². The largest absolute Gasteiger partial charge is 0.472 e. The first-order valence-electron chi connectivity index (χ1n) is 4.03. The van der Waals surface area contributed by atoms with Crippen LogP contribution in [0.3, 0.4) is 0 Å². The van der Waals surface area contributed by atoms with Crippen LogP contribution >= 0.6 is 0 Å². The minimum Gasteiger partial charge on any atom is -0.472 e. The molecule has 0 unspecified atom stereocenters. The molecule has 0 aromatic rings. The molecule has 0 spiro atoms. The first-order chi connectivity index (χ1) is 6.50. The van der Waals surface area contributed by atoms with Crippen molar-refractivity contribution >= 4 is 0 Å². The van der Waals surface area contributed by atoms with Crippen LogP contribution in [0.1, 0.15) is 11.1 Å². The second kappa shape index (κ2) is 2.77. The third-order valence-corrected chi connectivity index (χ3v) is 2.17. The molecule has 1 nitrogen and oxygen atoms in total. The van der Waals surface area contributed by atoms with Crippen LogP contribution in [0.25, 0.3) is 11.1 Å². The monoisotopic (exact) mass is 200 g/mol. The fraction of sp³-hybridized carbons (Fsp3) is 0.200. The predicted octanol–water partition coefficient (Wildman–Crippen LogP) is 3.71. The average Bonchev–Trinajstić information content (AvgIpc) is 2.44. The van der Waals surface area contributed by atoms with Gasteiger partial charge in [0, 0.05) is 5.56 Å². The number of alkyl halides is 3. The van der Waals surface area contributed by atoms with E-state index in [9.17, 15) is 13.2 Å². The van der Waals surface area contributed by atoms with Crippen LogP contribution in [0.2, 0.25) is 0 Å². The number of hydrogen-bond acceptors (Lipinski definition) is 1. The molecule has 0 fully saturated rings. The highest BCUT2D eigenvalue weighted by Gasteiger charge is 2.36. The predicted molar refractivity (Wildman–Crippen MR) is 45.1 cm³/mol. The summed E-state index contributed by atoms with van der Waals surface area (Å²) in [7, 11) is 0. The second-order valence-corrected chi connectivity index (χ2v) is 3.12. The average molecular weight is 200 g/mol. The zero-order chi connectivity index (χ0) is 10.3. The Labute approximate surface area is 78.5 Å². The molecule has 2 aliphatic rings. The van der Waals surface area contributed by atoms with Gasteiger partial charge in [0.15, 0.2) is 0 Å². The third-order valence-electron chi connectivity index (χ3n) is 2.17. The molecule has 0 aromatic heterocycles. The summed E-state index contributed by atoms with van der Waals surface area (Å²) in [5, 5.41) is 0. The van der Waals surface area contributed by atoms with Gasteiger partial charge in [0.25, 0.3) is 0 Å². The Hall–Kier alpha value is -1.45. The fourth-order valence-corrected chi connectivity index (χ4v) is 1.53. The van der Waals surface area contributed by atoms with Gasteiger partial charge in [0.2, 0.25) is 0 Å². The lowest BCUT2D eigenvalue weighted by atomic mass is 10.1. The zero-order valence-electron chi connectivity index (χ0n) is 7.35. The van der Waals surface area contributed by atoms with Gasteiger partial charge in [-0.15, -0.1) is 0 Å². The van der Waals surface area contributed by atoms with E-state index < -0.39 is 11.7 Å². The standard InChI is InChI=1S/C10H7F3O/c1-6-4-9(10(11,12)13)8-5-14-3-2-7(6)8/h2-5H,1H3. The van der Waals surface area contributed by atoms with Gasteiger partial charge < -0.3 is 4.42 Å². The summed E-state index contributed by atoms with van der Waals surface area (Å²) in [6.07, 6.45) is -1.82. The summed E-state index contributed by atoms with van der Waals surface area (Å²) in [5.74, 6) is 0. The highest BCUT2D eigenvalue weighted by Crippen LogP contribution is 2.41. The van der Waals surface area contributed by atoms with E-state index in [-0.39, 0.29) is 5.56 Å². The number of hydrogen-bond donors (Lipinski definition) is 0. The van der Waals surface area contributed by atoms with E-state index in [0.717, 1.165) is 12.3 Å². The number of fused-ring (bicyclic) bond motifs is 1. The lowest BCUT2D eigenvalue weighted by Gasteiger charge is -2.06. The van der Waals surface area contributed by atoms with Crippen LogP contribution in [0.4, 0.5) is 13.2 Å². The van der Waals surface area contributed by atoms with Crippen molar-refractivity contribution in [2.75, 3.05) is 0 Å². The highest BCUT2D eigenvalue weighted by atomic mass is 19.4. The van der Waals surface area contributed by atoms with Crippen molar-refractivity contribution in [2.45, 2.75) is 13.1 Å². The van der Waals surface area contributed by atoms with E-state index in [1.54, 1.807) is 13.0 Å². The molecule has 0 amide bonds. The van der Waals surface area contributed by atoms with Gasteiger partial charge in [-0.25, -0.2) is 0 Å². The Morgan fingerprint density at radius 3 is 2.57 bits per heavy atom. The number of rotatable bonds is 0. The fourth-order valence-electron chi connectivity index (χ4n) is 1.53. The normalized spacial score (nSPS) is 12.3. The summed E-state index contributed by atoms with van der Waals surface area (Å²) in [4.78, 5) is 0. The Balaban J connectivity index is 2.70. The summed E-state index contributed by atoms with van der Waals surface area (Å²) in [6.45, 7) is 1.65. The molecule has 4 heteroatoms. The molecule has 0 aromatic carbocycles. The molecule has 0 radical (unpaired) electrons. The maximum atomic E-state index is 12.5. The Kier molecular flexibility index (Phi) is 1.80. The lowest BCUT2D eigenvalue weighted by molar-refractivity contribution is -0.136. The highest BCUT2D eigenvalue weighted by molar-refractivity contribution is 5.74. The van der Waals surface area contributed by atoms with Crippen LogP contribution in [0, 0.1) is 6.92 Å². The Bertz CT molecular complexity index is 428. The van der Waals surface area contributed by atoms with Gasteiger partial charge in [0.05, 0.1) is 18.1 Å². The maximum absolute atomic E-state index is 12.5. The molecule has 0 saturated carbocycles. The third kappa shape index (κ3) is 1.27. The maximum Gasteiger partial charge on any atom is 0.417 e. The smallest absolute Gasteiger partial charge is 0.417 e. The molecule has 0 bridgehead atoms. The zero-order valence-corrected chi connectivity index (χ0v) is 7.35. The van der Waals surface area contributed by atoms with Crippen molar-refractivity contribution in [2.24, 2.45) is 0 Å². The van der Waals surface area contributed by atoms with Crippen molar-refractivity contribution < 1.29 is 17.6 Å². The first kappa shape index (κ1) is 9.12. The van der Waals surface area contributed by atoms with Crippen LogP contribution < -0.4 is 0 Å². The molecular formula is C10H7F3O. The van der Waals surface area contributed by atoms with Crippen LogP contribution in [0.5, 0.6) is 0 Å². The molecule has 1 aliphatic heterocycles. The molecule has 74 valence electrons. The second-order valence-electron chi connectivity index (χ2n) is 3.12. The van der Waals surface area contributed by atoms with Crippen LogP contribution in [-0.4, -0.2) is 0 Å². The number of halogens is 3. The quantitative estimate of drug-likeness (QED) is 0.631. The summed E-state index contributed by atoms with van der Waals surface area (Å²) in [5.41, 5.74) is 0.693. The van der Waals surface area contributed by atoms with E-state index in [4.69, 9.17) is 4.42 Å². The molecule has 0 N–H and O–H groups in total. The molecule has 1 aliphatic carbocycles.